The number of aliphatic hydroxyl groups excluding tert-OH is 4. The van der Waals surface area contributed by atoms with Crippen molar-refractivity contribution in [3.05, 3.63) is 60.0 Å². The zero-order chi connectivity index (χ0) is 25.1. The lowest BCUT2D eigenvalue weighted by Crippen LogP contribution is -2.60. The number of nitrogens with one attached hydrogen (secondary N) is 1. The van der Waals surface area contributed by atoms with E-state index in [4.69, 9.17) is 14.2 Å². The second-order valence-electron chi connectivity index (χ2n) is 9.89. The molecule has 4 aliphatic heterocycles. The Labute approximate surface area is 207 Å². The molecular formula is C26H30N2O8. The van der Waals surface area contributed by atoms with Gasteiger partial charge in [-0.1, -0.05) is 24.3 Å². The van der Waals surface area contributed by atoms with Gasteiger partial charge in [-0.2, -0.15) is 0 Å². The minimum Gasteiger partial charge on any atom is -0.471 e. The first-order chi connectivity index (χ1) is 17.4. The van der Waals surface area contributed by atoms with Crippen LogP contribution in [0.5, 0.6) is 0 Å². The van der Waals surface area contributed by atoms with Crippen LogP contribution >= 0.6 is 0 Å². The molecule has 0 aliphatic carbocycles. The molecule has 192 valence electrons. The summed E-state index contributed by atoms with van der Waals surface area (Å²) in [5.74, 6) is -0.783. The van der Waals surface area contributed by atoms with Gasteiger partial charge in [-0.3, -0.25) is 4.79 Å². The number of carbonyl (C=O) groups excluding carboxylic acids is 1. The molecule has 5 heterocycles. The fourth-order valence-corrected chi connectivity index (χ4v) is 6.13. The van der Waals surface area contributed by atoms with E-state index in [1.54, 1.807) is 6.08 Å². The van der Waals surface area contributed by atoms with Crippen molar-refractivity contribution < 1.29 is 39.4 Å². The van der Waals surface area contributed by atoms with Crippen LogP contribution in [0, 0.1) is 11.8 Å². The zero-order valence-electron chi connectivity index (χ0n) is 19.6. The van der Waals surface area contributed by atoms with E-state index in [0.717, 1.165) is 17.6 Å². The minimum atomic E-state index is -1.56. The van der Waals surface area contributed by atoms with Crippen LogP contribution in [0.4, 0.5) is 0 Å². The van der Waals surface area contributed by atoms with Crippen LogP contribution in [-0.2, 0) is 25.4 Å². The summed E-state index contributed by atoms with van der Waals surface area (Å²) in [6.07, 6.45) is -3.53. The van der Waals surface area contributed by atoms with Crippen molar-refractivity contribution in [1.29, 1.82) is 0 Å². The Morgan fingerprint density at radius 2 is 1.97 bits per heavy atom. The van der Waals surface area contributed by atoms with Crippen LogP contribution in [0.2, 0.25) is 0 Å². The zero-order valence-corrected chi connectivity index (χ0v) is 19.6. The molecule has 5 N–H and O–H groups in total. The number of carbonyl (C=O) groups is 1. The standard InChI is InChI=1S/C26H30N2O8/c1-2-12-15-9-18-20-14(13-5-3-4-6-17(13)27-20)7-8-28(18)24(33)16(15)11-34-25(12)36-26-23(32)22(31)21(30)19(10-29)35-26/h2-6,11-12,15,18-19,21-23,25-27,29-32H,1,7-10H2/t12?,15?,18?,19-,21-,22+,23-,25?,26?/m0/s1. The van der Waals surface area contributed by atoms with Gasteiger partial charge in [0.05, 0.1) is 24.5 Å². The Hall–Kier alpha value is -2.73. The van der Waals surface area contributed by atoms with E-state index in [9.17, 15) is 25.2 Å². The van der Waals surface area contributed by atoms with Gasteiger partial charge in [0.15, 0.2) is 6.29 Å². The molecule has 0 bridgehead atoms. The van der Waals surface area contributed by atoms with Gasteiger partial charge >= 0.3 is 0 Å². The number of ether oxygens (including phenoxy) is 3. The first-order valence-corrected chi connectivity index (χ1v) is 12.3. The summed E-state index contributed by atoms with van der Waals surface area (Å²) >= 11 is 0. The molecule has 5 unspecified atom stereocenters. The number of hydrogen-bond acceptors (Lipinski definition) is 8. The van der Waals surface area contributed by atoms with Crippen molar-refractivity contribution in [2.75, 3.05) is 13.2 Å². The Morgan fingerprint density at radius 1 is 1.17 bits per heavy atom. The maximum absolute atomic E-state index is 13.5. The summed E-state index contributed by atoms with van der Waals surface area (Å²) in [7, 11) is 0. The van der Waals surface area contributed by atoms with Crippen molar-refractivity contribution in [3.63, 3.8) is 0 Å². The fraction of sp³-hybridized carbons (Fsp3) is 0.500. The van der Waals surface area contributed by atoms with E-state index in [0.29, 0.717) is 18.5 Å². The van der Waals surface area contributed by atoms with Crippen molar-refractivity contribution >= 4 is 16.8 Å². The van der Waals surface area contributed by atoms with E-state index in [2.05, 4.69) is 17.6 Å². The lowest BCUT2D eigenvalue weighted by atomic mass is 9.74. The van der Waals surface area contributed by atoms with E-state index in [1.165, 1.54) is 17.2 Å². The van der Waals surface area contributed by atoms with E-state index in [-0.39, 0.29) is 17.9 Å². The molecule has 2 fully saturated rings. The van der Waals surface area contributed by atoms with Crippen LogP contribution in [0.25, 0.3) is 10.9 Å². The number of aromatic nitrogens is 1. The number of H-pyrrole nitrogens is 1. The molecule has 0 spiro atoms. The average Bonchev–Trinajstić information content (AvgIpc) is 3.28. The van der Waals surface area contributed by atoms with E-state index < -0.39 is 49.5 Å². The van der Waals surface area contributed by atoms with Crippen LogP contribution in [0.1, 0.15) is 23.7 Å². The minimum absolute atomic E-state index is 0.0845. The summed E-state index contributed by atoms with van der Waals surface area (Å²) in [5, 5.41) is 41.3. The molecule has 36 heavy (non-hydrogen) atoms. The van der Waals surface area contributed by atoms with Gasteiger partial charge in [-0.05, 0) is 24.5 Å². The molecule has 4 aliphatic rings. The highest BCUT2D eigenvalue weighted by molar-refractivity contribution is 5.96. The molecular weight excluding hydrogens is 468 g/mol. The largest absolute Gasteiger partial charge is 0.471 e. The highest BCUT2D eigenvalue weighted by atomic mass is 16.8. The maximum atomic E-state index is 13.5. The quantitative estimate of drug-likeness (QED) is 0.383. The molecule has 0 saturated carbocycles. The second kappa shape index (κ2) is 8.98. The van der Waals surface area contributed by atoms with Crippen LogP contribution in [0.15, 0.2) is 48.8 Å². The van der Waals surface area contributed by atoms with E-state index >= 15 is 0 Å². The first-order valence-electron chi connectivity index (χ1n) is 12.3. The molecule has 10 heteroatoms. The number of fused-ring (bicyclic) bond motifs is 6. The number of benzene rings is 1. The number of amides is 1. The molecule has 9 atom stereocenters. The van der Waals surface area contributed by atoms with Gasteiger partial charge in [0.2, 0.25) is 6.29 Å². The third kappa shape index (κ3) is 3.52. The lowest BCUT2D eigenvalue weighted by molar-refractivity contribution is -0.339. The summed E-state index contributed by atoms with van der Waals surface area (Å²) < 4.78 is 17.2. The highest BCUT2D eigenvalue weighted by Gasteiger charge is 2.51. The van der Waals surface area contributed by atoms with Crippen LogP contribution < -0.4 is 0 Å². The van der Waals surface area contributed by atoms with Crippen LogP contribution in [-0.4, -0.2) is 86.4 Å². The highest BCUT2D eigenvalue weighted by Crippen LogP contribution is 2.48. The van der Waals surface area contributed by atoms with Crippen molar-refractivity contribution in [2.24, 2.45) is 11.8 Å². The normalized spacial score (nSPS) is 38.0. The fourth-order valence-electron chi connectivity index (χ4n) is 6.13. The molecule has 10 nitrogen and oxygen atoms in total. The smallest absolute Gasteiger partial charge is 0.253 e. The van der Waals surface area contributed by atoms with Crippen molar-refractivity contribution in [1.82, 2.24) is 9.88 Å². The lowest BCUT2D eigenvalue weighted by Gasteiger charge is -2.48. The molecule has 1 aromatic heterocycles. The van der Waals surface area contributed by atoms with Crippen LogP contribution in [0.3, 0.4) is 0 Å². The molecule has 1 amide bonds. The summed E-state index contributed by atoms with van der Waals surface area (Å²) in [6.45, 7) is 4.01. The summed E-state index contributed by atoms with van der Waals surface area (Å²) in [6, 6.07) is 8.01. The first kappa shape index (κ1) is 23.7. The number of nitrogens with zero attached hydrogens (tertiary/aromatic N) is 1. The third-order valence-electron chi connectivity index (χ3n) is 8.04. The molecule has 6 rings (SSSR count). The Kier molecular flexibility index (Phi) is 5.90. The monoisotopic (exact) mass is 498 g/mol. The van der Waals surface area contributed by atoms with Crippen molar-refractivity contribution in [2.45, 2.75) is 55.9 Å². The number of para-hydroxylation sites is 1. The number of piperidine rings is 1. The average molecular weight is 499 g/mol. The van der Waals surface area contributed by atoms with Gasteiger partial charge in [-0.15, -0.1) is 6.58 Å². The number of hydrogen-bond donors (Lipinski definition) is 5. The van der Waals surface area contributed by atoms with Gasteiger partial charge in [0.25, 0.3) is 5.91 Å². The SMILES string of the molecule is C=CC1C(OC2O[C@@H](CO)[C@H](O)[C@@H](O)[C@@H]2O)OC=C2C(=O)N3CCc4c([nH]c5ccccc45)C3CC21. The van der Waals surface area contributed by atoms with Gasteiger partial charge in [0, 0.05) is 35.0 Å². The second-order valence-corrected chi connectivity index (χ2v) is 9.89. The Bertz CT molecular complexity index is 1210. The predicted molar refractivity (Wildman–Crippen MR) is 126 cm³/mol. The molecule has 2 saturated heterocycles. The topological polar surface area (TPSA) is 145 Å². The number of aromatic amines is 1. The van der Waals surface area contributed by atoms with Gasteiger partial charge in [-0.25, -0.2) is 0 Å². The molecule has 0 radical (unpaired) electrons. The summed E-state index contributed by atoms with van der Waals surface area (Å²) in [5.41, 5.74) is 3.89. The Balaban J connectivity index is 1.28. The van der Waals surface area contributed by atoms with Gasteiger partial charge < -0.3 is 44.5 Å². The summed E-state index contributed by atoms with van der Waals surface area (Å²) in [4.78, 5) is 19.0. The Morgan fingerprint density at radius 3 is 2.75 bits per heavy atom. The maximum Gasteiger partial charge on any atom is 0.253 e. The number of rotatable bonds is 4. The third-order valence-corrected chi connectivity index (χ3v) is 8.04. The molecule has 2 aromatic rings. The predicted octanol–water partition coefficient (Wildman–Crippen LogP) is 0.473. The van der Waals surface area contributed by atoms with Crippen molar-refractivity contribution in [3.8, 4) is 0 Å². The van der Waals surface area contributed by atoms with Gasteiger partial charge in [0.1, 0.15) is 24.4 Å². The van der Waals surface area contributed by atoms with E-state index in [1.807, 2.05) is 23.1 Å². The number of aliphatic hydroxyl groups is 4. The molecule has 1 aromatic carbocycles.